The van der Waals surface area contributed by atoms with Gasteiger partial charge in [0.1, 0.15) is 17.4 Å². The van der Waals surface area contributed by atoms with Crippen molar-refractivity contribution in [2.24, 2.45) is 0 Å². The van der Waals surface area contributed by atoms with Crippen molar-refractivity contribution in [2.45, 2.75) is 38.6 Å². The molecule has 4 rings (SSSR count). The summed E-state index contributed by atoms with van der Waals surface area (Å²) >= 11 is 3.37. The third kappa shape index (κ3) is 4.87. The maximum atomic E-state index is 14.3. The van der Waals surface area contributed by atoms with E-state index in [1.165, 1.54) is 6.07 Å². The number of halogens is 2. The number of rotatable bonds is 6. The van der Waals surface area contributed by atoms with Gasteiger partial charge in [0.25, 0.3) is 0 Å². The van der Waals surface area contributed by atoms with Crippen LogP contribution in [0.1, 0.15) is 31.5 Å². The number of carbonyl (C=O) groups excluding carboxylic acids is 1. The van der Waals surface area contributed by atoms with E-state index in [0.29, 0.717) is 11.6 Å². The number of carbonyl (C=O) groups is 1. The number of hydrogen-bond donors (Lipinski definition) is 1. The molecule has 1 aliphatic heterocycles. The van der Waals surface area contributed by atoms with Crippen LogP contribution in [0.15, 0.2) is 46.9 Å². The molecule has 3 aromatic rings. The molecule has 2 aromatic carbocycles. The van der Waals surface area contributed by atoms with Crippen molar-refractivity contribution in [3.63, 3.8) is 0 Å². The summed E-state index contributed by atoms with van der Waals surface area (Å²) in [6.45, 7) is 1.05. The summed E-state index contributed by atoms with van der Waals surface area (Å²) in [6, 6.07) is 12.0. The molecule has 1 aliphatic rings. The van der Waals surface area contributed by atoms with E-state index in [4.69, 9.17) is 4.74 Å². The van der Waals surface area contributed by atoms with E-state index in [0.717, 1.165) is 48.1 Å². The lowest BCUT2D eigenvalue weighted by atomic mass is 10.1. The van der Waals surface area contributed by atoms with Gasteiger partial charge in [0.2, 0.25) is 5.91 Å². The van der Waals surface area contributed by atoms with Crippen LogP contribution in [0.5, 0.6) is 5.75 Å². The highest BCUT2D eigenvalue weighted by Crippen LogP contribution is 2.26. The van der Waals surface area contributed by atoms with Crippen molar-refractivity contribution >= 4 is 27.5 Å². The zero-order valence-corrected chi connectivity index (χ0v) is 18.0. The first-order valence-electron chi connectivity index (χ1n) is 10.0. The summed E-state index contributed by atoms with van der Waals surface area (Å²) in [6.07, 6.45) is 4.34. The van der Waals surface area contributed by atoms with E-state index in [-0.39, 0.29) is 24.6 Å². The Morgan fingerprint density at radius 1 is 1.17 bits per heavy atom. The summed E-state index contributed by atoms with van der Waals surface area (Å²) < 4.78 is 22.9. The van der Waals surface area contributed by atoms with Crippen molar-refractivity contribution in [1.29, 1.82) is 0 Å². The normalized spacial score (nSPS) is 13.4. The molecule has 0 saturated carbocycles. The van der Waals surface area contributed by atoms with Crippen LogP contribution >= 0.6 is 15.9 Å². The van der Waals surface area contributed by atoms with Gasteiger partial charge in [-0.25, -0.2) is 4.39 Å². The molecule has 6 nitrogen and oxygen atoms in total. The van der Waals surface area contributed by atoms with E-state index in [1.54, 1.807) is 12.1 Å². The summed E-state index contributed by atoms with van der Waals surface area (Å²) in [4.78, 5) is 12.3. The quantitative estimate of drug-likeness (QED) is 0.549. The molecule has 1 N–H and O–H groups in total. The molecule has 156 valence electrons. The monoisotopic (exact) mass is 472 g/mol. The standard InChI is InChI=1S/C22H22BrFN4O2/c23-16-5-4-6-17(14-16)30-12-10-21(29)25-19-13-15(8-9-18(19)24)22-27-26-20-7-2-1-3-11-28(20)22/h4-6,8-9,13-14H,1-3,7,10-12H2,(H,25,29). The Morgan fingerprint density at radius 3 is 2.93 bits per heavy atom. The number of aromatic nitrogens is 3. The summed E-state index contributed by atoms with van der Waals surface area (Å²) in [5.41, 5.74) is 0.865. The average Bonchev–Trinajstić information content (AvgIpc) is 2.98. The molecule has 30 heavy (non-hydrogen) atoms. The van der Waals surface area contributed by atoms with Crippen LogP contribution in [0.3, 0.4) is 0 Å². The first-order chi connectivity index (χ1) is 14.6. The minimum Gasteiger partial charge on any atom is -0.493 e. The SMILES string of the molecule is O=C(CCOc1cccc(Br)c1)Nc1cc(-c2nnc3n2CCCCC3)ccc1F. The minimum absolute atomic E-state index is 0.108. The van der Waals surface area contributed by atoms with Crippen LogP contribution < -0.4 is 10.1 Å². The Balaban J connectivity index is 1.42. The van der Waals surface area contributed by atoms with Gasteiger partial charge in [0.05, 0.1) is 18.7 Å². The zero-order valence-electron chi connectivity index (χ0n) is 16.4. The molecule has 0 bridgehead atoms. The largest absolute Gasteiger partial charge is 0.493 e. The van der Waals surface area contributed by atoms with Crippen LogP contribution in [0, 0.1) is 5.82 Å². The molecule has 0 atom stereocenters. The second-order valence-electron chi connectivity index (χ2n) is 7.20. The molecular formula is C22H22BrFN4O2. The highest BCUT2D eigenvalue weighted by molar-refractivity contribution is 9.10. The third-order valence-corrected chi connectivity index (χ3v) is 5.50. The van der Waals surface area contributed by atoms with Crippen LogP contribution in [0.4, 0.5) is 10.1 Å². The van der Waals surface area contributed by atoms with Gasteiger partial charge >= 0.3 is 0 Å². The number of ether oxygens (including phenoxy) is 1. The molecule has 0 spiro atoms. The number of nitrogens with one attached hydrogen (secondary N) is 1. The predicted octanol–water partition coefficient (Wildman–Crippen LogP) is 4.98. The minimum atomic E-state index is -0.490. The maximum Gasteiger partial charge on any atom is 0.227 e. The van der Waals surface area contributed by atoms with Gasteiger partial charge in [0, 0.05) is 23.0 Å². The Hall–Kier alpha value is -2.74. The van der Waals surface area contributed by atoms with Gasteiger partial charge in [-0.2, -0.15) is 0 Å². The van der Waals surface area contributed by atoms with E-state index >= 15 is 0 Å². The second-order valence-corrected chi connectivity index (χ2v) is 8.12. The molecular weight excluding hydrogens is 451 g/mol. The maximum absolute atomic E-state index is 14.3. The zero-order chi connectivity index (χ0) is 20.9. The number of aryl methyl sites for hydroxylation is 1. The number of anilines is 1. The number of benzene rings is 2. The fourth-order valence-electron chi connectivity index (χ4n) is 3.49. The van der Waals surface area contributed by atoms with Crippen LogP contribution in [0.2, 0.25) is 0 Å². The van der Waals surface area contributed by atoms with Gasteiger partial charge in [0.15, 0.2) is 5.82 Å². The second kappa shape index (κ2) is 9.38. The molecule has 0 aliphatic carbocycles. The Morgan fingerprint density at radius 2 is 2.07 bits per heavy atom. The van der Waals surface area contributed by atoms with Gasteiger partial charge in [-0.1, -0.05) is 28.4 Å². The Kier molecular flexibility index (Phi) is 6.42. The summed E-state index contributed by atoms with van der Waals surface area (Å²) in [7, 11) is 0. The van der Waals surface area contributed by atoms with Crippen molar-refractivity contribution < 1.29 is 13.9 Å². The molecule has 0 unspecified atom stereocenters. The first kappa shape index (κ1) is 20.5. The van der Waals surface area contributed by atoms with Crippen LogP contribution in [-0.2, 0) is 17.8 Å². The van der Waals surface area contributed by atoms with E-state index in [1.807, 2.05) is 24.3 Å². The van der Waals surface area contributed by atoms with Gasteiger partial charge in [-0.3, -0.25) is 4.79 Å². The lowest BCUT2D eigenvalue weighted by molar-refractivity contribution is -0.116. The fourth-order valence-corrected chi connectivity index (χ4v) is 3.87. The first-order valence-corrected chi connectivity index (χ1v) is 10.8. The average molecular weight is 473 g/mol. The van der Waals surface area contributed by atoms with Gasteiger partial charge in [-0.15, -0.1) is 10.2 Å². The van der Waals surface area contributed by atoms with E-state index in [9.17, 15) is 9.18 Å². The Bertz CT molecular complexity index is 1050. The van der Waals surface area contributed by atoms with E-state index < -0.39 is 5.82 Å². The fraction of sp³-hybridized carbons (Fsp3) is 0.318. The lowest BCUT2D eigenvalue weighted by Gasteiger charge is -2.11. The highest BCUT2D eigenvalue weighted by atomic mass is 79.9. The lowest BCUT2D eigenvalue weighted by Crippen LogP contribution is -2.16. The third-order valence-electron chi connectivity index (χ3n) is 5.00. The number of fused-ring (bicyclic) bond motifs is 1. The molecule has 1 amide bonds. The summed E-state index contributed by atoms with van der Waals surface area (Å²) in [5.74, 6) is 1.53. The van der Waals surface area contributed by atoms with Crippen LogP contribution in [0.25, 0.3) is 11.4 Å². The smallest absolute Gasteiger partial charge is 0.227 e. The van der Waals surface area contributed by atoms with Crippen molar-refractivity contribution in [3.05, 3.63) is 58.6 Å². The predicted molar refractivity (Wildman–Crippen MR) is 116 cm³/mol. The highest BCUT2D eigenvalue weighted by Gasteiger charge is 2.17. The van der Waals surface area contributed by atoms with Gasteiger partial charge in [-0.05, 0) is 49.2 Å². The summed E-state index contributed by atoms with van der Waals surface area (Å²) in [5, 5.41) is 11.2. The topological polar surface area (TPSA) is 69.0 Å². The number of amides is 1. The van der Waals surface area contributed by atoms with Crippen molar-refractivity contribution in [2.75, 3.05) is 11.9 Å². The van der Waals surface area contributed by atoms with Crippen LogP contribution in [-0.4, -0.2) is 27.3 Å². The van der Waals surface area contributed by atoms with Crippen molar-refractivity contribution in [3.8, 4) is 17.1 Å². The Labute approximate surface area is 182 Å². The molecule has 0 saturated heterocycles. The molecule has 1 aromatic heterocycles. The molecule has 8 heteroatoms. The molecule has 0 fully saturated rings. The van der Waals surface area contributed by atoms with Crippen molar-refractivity contribution in [1.82, 2.24) is 14.8 Å². The number of nitrogens with zero attached hydrogens (tertiary/aromatic N) is 3. The van der Waals surface area contributed by atoms with E-state index in [2.05, 4.69) is 36.0 Å². The number of hydrogen-bond acceptors (Lipinski definition) is 4. The molecule has 0 radical (unpaired) electrons. The molecule has 2 heterocycles. The van der Waals surface area contributed by atoms with Gasteiger partial charge < -0.3 is 14.6 Å².